The molecule has 0 radical (unpaired) electrons. The molecule has 0 aliphatic rings. The van der Waals surface area contributed by atoms with Crippen LogP contribution in [0.2, 0.25) is 0 Å². The molecule has 0 saturated carbocycles. The second-order valence-electron chi connectivity index (χ2n) is 4.90. The molecule has 5 nitrogen and oxygen atoms in total. The zero-order chi connectivity index (χ0) is 15.5. The quantitative estimate of drug-likeness (QED) is 0.407. The van der Waals surface area contributed by atoms with Gasteiger partial charge in [0.1, 0.15) is 0 Å². The van der Waals surface area contributed by atoms with E-state index in [-0.39, 0.29) is 5.91 Å². The SMILES string of the molecule is CCCCNC(=NC)NCCNC(=O)c1cccc(C)c1. The number of carbonyl (C=O) groups excluding carboxylic acids is 1. The number of nitrogens with one attached hydrogen (secondary N) is 3. The maximum Gasteiger partial charge on any atom is 0.251 e. The topological polar surface area (TPSA) is 65.5 Å². The molecular weight excluding hydrogens is 264 g/mol. The van der Waals surface area contributed by atoms with Crippen LogP contribution in [0.15, 0.2) is 29.3 Å². The Labute approximate surface area is 127 Å². The van der Waals surface area contributed by atoms with Crippen molar-refractivity contribution in [3.63, 3.8) is 0 Å². The van der Waals surface area contributed by atoms with E-state index in [4.69, 9.17) is 0 Å². The Hall–Kier alpha value is -2.04. The van der Waals surface area contributed by atoms with Gasteiger partial charge in [0, 0.05) is 32.2 Å². The van der Waals surface area contributed by atoms with Crippen LogP contribution in [0.5, 0.6) is 0 Å². The number of amides is 1. The van der Waals surface area contributed by atoms with Crippen LogP contribution in [0.25, 0.3) is 0 Å². The van der Waals surface area contributed by atoms with Crippen LogP contribution in [0, 0.1) is 6.92 Å². The summed E-state index contributed by atoms with van der Waals surface area (Å²) in [5, 5.41) is 9.28. The third-order valence-electron chi connectivity index (χ3n) is 3.03. The van der Waals surface area contributed by atoms with Crippen molar-refractivity contribution in [1.29, 1.82) is 0 Å². The number of rotatable bonds is 7. The third kappa shape index (κ3) is 6.79. The lowest BCUT2D eigenvalue weighted by Crippen LogP contribution is -2.41. The van der Waals surface area contributed by atoms with Gasteiger partial charge in [-0.25, -0.2) is 0 Å². The smallest absolute Gasteiger partial charge is 0.251 e. The third-order valence-corrected chi connectivity index (χ3v) is 3.03. The number of aliphatic imine (C=N–C) groups is 1. The summed E-state index contributed by atoms with van der Waals surface area (Å²) >= 11 is 0. The van der Waals surface area contributed by atoms with Crippen molar-refractivity contribution in [2.75, 3.05) is 26.7 Å². The molecule has 0 atom stereocenters. The fraction of sp³-hybridized carbons (Fsp3) is 0.500. The Morgan fingerprint density at radius 1 is 1.14 bits per heavy atom. The minimum absolute atomic E-state index is 0.0468. The second kappa shape index (κ2) is 9.80. The van der Waals surface area contributed by atoms with Crippen LogP contribution >= 0.6 is 0 Å². The molecule has 1 aromatic carbocycles. The van der Waals surface area contributed by atoms with E-state index in [1.165, 1.54) is 0 Å². The first-order valence-corrected chi connectivity index (χ1v) is 7.46. The van der Waals surface area contributed by atoms with Gasteiger partial charge in [-0.3, -0.25) is 9.79 Å². The summed E-state index contributed by atoms with van der Waals surface area (Å²) in [6, 6.07) is 7.57. The first-order valence-electron chi connectivity index (χ1n) is 7.46. The first-order chi connectivity index (χ1) is 10.2. The lowest BCUT2D eigenvalue weighted by molar-refractivity contribution is 0.0954. The van der Waals surface area contributed by atoms with Crippen LogP contribution in [0.4, 0.5) is 0 Å². The van der Waals surface area contributed by atoms with E-state index < -0.39 is 0 Å². The van der Waals surface area contributed by atoms with Crippen molar-refractivity contribution < 1.29 is 4.79 Å². The fourth-order valence-corrected chi connectivity index (χ4v) is 1.85. The summed E-state index contributed by atoms with van der Waals surface area (Å²) < 4.78 is 0. The van der Waals surface area contributed by atoms with E-state index in [0.29, 0.717) is 18.7 Å². The highest BCUT2D eigenvalue weighted by atomic mass is 16.1. The zero-order valence-electron chi connectivity index (χ0n) is 13.2. The van der Waals surface area contributed by atoms with Gasteiger partial charge in [-0.1, -0.05) is 31.0 Å². The highest BCUT2D eigenvalue weighted by Gasteiger charge is 2.04. The largest absolute Gasteiger partial charge is 0.356 e. The summed E-state index contributed by atoms with van der Waals surface area (Å²) in [6.07, 6.45) is 2.27. The summed E-state index contributed by atoms with van der Waals surface area (Å²) in [5.41, 5.74) is 1.78. The molecule has 0 heterocycles. The van der Waals surface area contributed by atoms with Gasteiger partial charge in [-0.15, -0.1) is 0 Å². The van der Waals surface area contributed by atoms with Gasteiger partial charge in [-0.2, -0.15) is 0 Å². The van der Waals surface area contributed by atoms with E-state index in [1.807, 2.05) is 31.2 Å². The average molecular weight is 290 g/mol. The maximum absolute atomic E-state index is 11.9. The molecular formula is C16H26N4O. The van der Waals surface area contributed by atoms with Gasteiger partial charge in [0.05, 0.1) is 0 Å². The summed E-state index contributed by atoms with van der Waals surface area (Å²) in [6.45, 7) is 6.24. The fourth-order valence-electron chi connectivity index (χ4n) is 1.85. The number of hydrogen-bond donors (Lipinski definition) is 3. The van der Waals surface area contributed by atoms with Crippen LogP contribution in [0.3, 0.4) is 0 Å². The molecule has 1 amide bonds. The molecule has 0 aliphatic carbocycles. The number of unbranched alkanes of at least 4 members (excludes halogenated alkanes) is 1. The second-order valence-corrected chi connectivity index (χ2v) is 4.90. The lowest BCUT2D eigenvalue weighted by Gasteiger charge is -2.12. The molecule has 3 N–H and O–H groups in total. The summed E-state index contributed by atoms with van der Waals surface area (Å²) in [4.78, 5) is 16.1. The minimum atomic E-state index is -0.0468. The number of nitrogens with zero attached hydrogens (tertiary/aromatic N) is 1. The molecule has 0 aromatic heterocycles. The number of carbonyl (C=O) groups is 1. The van der Waals surface area contributed by atoms with E-state index in [2.05, 4.69) is 27.9 Å². The van der Waals surface area contributed by atoms with Crippen molar-refractivity contribution in [2.24, 2.45) is 4.99 Å². The Morgan fingerprint density at radius 3 is 2.52 bits per heavy atom. The predicted molar refractivity (Wildman–Crippen MR) is 87.8 cm³/mol. The Bertz CT molecular complexity index is 471. The Morgan fingerprint density at radius 2 is 1.86 bits per heavy atom. The molecule has 0 spiro atoms. The lowest BCUT2D eigenvalue weighted by atomic mass is 10.1. The molecule has 0 bridgehead atoms. The highest BCUT2D eigenvalue weighted by Crippen LogP contribution is 2.03. The molecule has 0 aliphatic heterocycles. The molecule has 0 fully saturated rings. The van der Waals surface area contributed by atoms with Gasteiger partial charge < -0.3 is 16.0 Å². The monoisotopic (exact) mass is 290 g/mol. The molecule has 1 aromatic rings. The van der Waals surface area contributed by atoms with Crippen molar-refractivity contribution in [3.8, 4) is 0 Å². The summed E-state index contributed by atoms with van der Waals surface area (Å²) in [7, 11) is 1.74. The van der Waals surface area contributed by atoms with Crippen LogP contribution in [-0.4, -0.2) is 38.5 Å². The van der Waals surface area contributed by atoms with E-state index in [0.717, 1.165) is 30.9 Å². The molecule has 5 heteroatoms. The molecule has 21 heavy (non-hydrogen) atoms. The van der Waals surface area contributed by atoms with E-state index in [9.17, 15) is 4.79 Å². The first kappa shape index (κ1) is 17.0. The normalized spacial score (nSPS) is 11.1. The van der Waals surface area contributed by atoms with Gasteiger partial charge in [-0.05, 0) is 25.5 Å². The number of hydrogen-bond acceptors (Lipinski definition) is 2. The minimum Gasteiger partial charge on any atom is -0.356 e. The molecule has 0 saturated heterocycles. The van der Waals surface area contributed by atoms with Gasteiger partial charge >= 0.3 is 0 Å². The van der Waals surface area contributed by atoms with E-state index >= 15 is 0 Å². The number of benzene rings is 1. The summed E-state index contributed by atoms with van der Waals surface area (Å²) in [5.74, 6) is 0.725. The van der Waals surface area contributed by atoms with Crippen LogP contribution in [0.1, 0.15) is 35.7 Å². The highest BCUT2D eigenvalue weighted by molar-refractivity contribution is 5.94. The van der Waals surface area contributed by atoms with Crippen LogP contribution < -0.4 is 16.0 Å². The Balaban J connectivity index is 2.25. The number of aryl methyl sites for hydroxylation is 1. The van der Waals surface area contributed by atoms with Gasteiger partial charge in [0.25, 0.3) is 5.91 Å². The maximum atomic E-state index is 11.9. The van der Waals surface area contributed by atoms with Crippen molar-refractivity contribution >= 4 is 11.9 Å². The Kier molecular flexibility index (Phi) is 7.94. The van der Waals surface area contributed by atoms with Crippen LogP contribution in [-0.2, 0) is 0 Å². The molecule has 116 valence electrons. The molecule has 1 rings (SSSR count). The van der Waals surface area contributed by atoms with Gasteiger partial charge in [0.2, 0.25) is 0 Å². The van der Waals surface area contributed by atoms with Crippen molar-refractivity contribution in [2.45, 2.75) is 26.7 Å². The predicted octanol–water partition coefficient (Wildman–Crippen LogP) is 1.69. The number of guanidine groups is 1. The van der Waals surface area contributed by atoms with Gasteiger partial charge in [0.15, 0.2) is 5.96 Å². The van der Waals surface area contributed by atoms with E-state index in [1.54, 1.807) is 7.05 Å². The van der Waals surface area contributed by atoms with Crippen molar-refractivity contribution in [3.05, 3.63) is 35.4 Å². The standard InChI is InChI=1S/C16H26N4O/c1-4-5-9-19-16(17-3)20-11-10-18-15(21)14-8-6-7-13(2)12-14/h6-8,12H,4-5,9-11H2,1-3H3,(H,18,21)(H2,17,19,20). The molecule has 0 unspecified atom stereocenters. The zero-order valence-corrected chi connectivity index (χ0v) is 13.2. The van der Waals surface area contributed by atoms with Crippen molar-refractivity contribution in [1.82, 2.24) is 16.0 Å². The average Bonchev–Trinajstić information content (AvgIpc) is 2.49.